The molecule has 0 rings (SSSR count). The van der Waals surface area contributed by atoms with E-state index >= 15 is 0 Å². The standard InChI is InChI=1S/C5H12N.Sn.H/c1-3-4-5-6-2;;/h6H,1,3-5H2,2H3;;. The van der Waals surface area contributed by atoms with Crippen molar-refractivity contribution < 1.29 is 0 Å². The summed E-state index contributed by atoms with van der Waals surface area (Å²) >= 11 is 1.43. The predicted molar refractivity (Wildman–Crippen MR) is 35.1 cm³/mol. The van der Waals surface area contributed by atoms with E-state index in [1.54, 1.807) is 0 Å². The maximum absolute atomic E-state index is 3.12. The first-order valence-corrected chi connectivity index (χ1v) is 5.09. The quantitative estimate of drug-likeness (QED) is 0.515. The molecule has 0 aliphatic heterocycles. The average molecular weight is 206 g/mol. The van der Waals surface area contributed by atoms with E-state index in [-0.39, 0.29) is 0 Å². The molecule has 42 valence electrons. The second-order valence-electron chi connectivity index (χ2n) is 1.60. The molecule has 0 unspecified atom stereocenters. The second kappa shape index (κ2) is 6.76. The van der Waals surface area contributed by atoms with Crippen LogP contribution in [0, 0.1) is 0 Å². The molecule has 7 heavy (non-hydrogen) atoms. The van der Waals surface area contributed by atoms with Crippen LogP contribution in [0.4, 0.5) is 0 Å². The van der Waals surface area contributed by atoms with Gasteiger partial charge in [0.05, 0.1) is 0 Å². The van der Waals surface area contributed by atoms with Crippen molar-refractivity contribution >= 4 is 22.5 Å². The van der Waals surface area contributed by atoms with Crippen LogP contribution >= 0.6 is 0 Å². The van der Waals surface area contributed by atoms with Crippen LogP contribution in [0.1, 0.15) is 12.8 Å². The third kappa shape index (κ3) is 6.76. The summed E-state index contributed by atoms with van der Waals surface area (Å²) in [5.74, 6) is 0. The molecule has 0 amide bonds. The zero-order chi connectivity index (χ0) is 5.54. The monoisotopic (exact) mass is 207 g/mol. The summed E-state index contributed by atoms with van der Waals surface area (Å²) in [6.45, 7) is 1.20. The van der Waals surface area contributed by atoms with Gasteiger partial charge in [-0.25, -0.2) is 0 Å². The molecular formula is C5H13NSn. The van der Waals surface area contributed by atoms with Crippen LogP contribution in [0.5, 0.6) is 0 Å². The van der Waals surface area contributed by atoms with Crippen molar-refractivity contribution in [1.82, 2.24) is 5.32 Å². The molecule has 2 heteroatoms. The SMILES string of the molecule is CNCCC[CH2][SnH]. The van der Waals surface area contributed by atoms with Crippen LogP contribution in [0.2, 0.25) is 4.44 Å². The van der Waals surface area contributed by atoms with E-state index in [2.05, 4.69) is 5.32 Å². The fourth-order valence-electron chi connectivity index (χ4n) is 0.446. The molecule has 0 aliphatic carbocycles. The Kier molecular flexibility index (Phi) is 7.49. The maximum atomic E-state index is 3.12. The van der Waals surface area contributed by atoms with Crippen LogP contribution in [0.3, 0.4) is 0 Å². The molecule has 0 aromatic rings. The minimum atomic E-state index is 1.20. The molecule has 0 aliphatic rings. The van der Waals surface area contributed by atoms with Gasteiger partial charge in [0.15, 0.2) is 0 Å². The molecule has 2 radical (unpaired) electrons. The summed E-state index contributed by atoms with van der Waals surface area (Å²) in [5.41, 5.74) is 0. The van der Waals surface area contributed by atoms with Crippen LogP contribution in [-0.4, -0.2) is 36.1 Å². The summed E-state index contributed by atoms with van der Waals surface area (Å²) in [6.07, 6.45) is 2.78. The Balaban J connectivity index is 2.45. The molecule has 0 aromatic carbocycles. The molecule has 0 heterocycles. The van der Waals surface area contributed by atoms with Crippen LogP contribution in [0.15, 0.2) is 0 Å². The summed E-state index contributed by atoms with van der Waals surface area (Å²) in [7, 11) is 2.01. The second-order valence-corrected chi connectivity index (χ2v) is 3.25. The van der Waals surface area contributed by atoms with E-state index in [0.717, 1.165) is 0 Å². The average Bonchev–Trinajstić information content (AvgIpc) is 1.69. The molecule has 0 atom stereocenters. The van der Waals surface area contributed by atoms with Crippen molar-refractivity contribution in [1.29, 1.82) is 0 Å². The van der Waals surface area contributed by atoms with Crippen molar-refractivity contribution in [3.05, 3.63) is 0 Å². The van der Waals surface area contributed by atoms with E-state index < -0.39 is 0 Å². The van der Waals surface area contributed by atoms with Gasteiger partial charge in [-0.3, -0.25) is 0 Å². The molecule has 0 aromatic heterocycles. The summed E-state index contributed by atoms with van der Waals surface area (Å²) in [6, 6.07) is 0. The van der Waals surface area contributed by atoms with Crippen molar-refractivity contribution in [2.45, 2.75) is 17.3 Å². The fourth-order valence-corrected chi connectivity index (χ4v) is 1.27. The Morgan fingerprint density at radius 2 is 2.14 bits per heavy atom. The van der Waals surface area contributed by atoms with E-state index in [4.69, 9.17) is 0 Å². The Hall–Kier alpha value is 0.759. The molecule has 0 fully saturated rings. The van der Waals surface area contributed by atoms with E-state index in [0.29, 0.717) is 0 Å². The summed E-state index contributed by atoms with van der Waals surface area (Å²) in [4.78, 5) is 0. The number of rotatable bonds is 4. The molecule has 1 N–H and O–H groups in total. The molecule has 0 spiro atoms. The van der Waals surface area contributed by atoms with E-state index in [1.165, 1.54) is 46.3 Å². The van der Waals surface area contributed by atoms with Crippen molar-refractivity contribution in [2.75, 3.05) is 13.6 Å². The first-order valence-electron chi connectivity index (χ1n) is 2.76. The Morgan fingerprint density at radius 1 is 1.43 bits per heavy atom. The molecular weight excluding hydrogens is 193 g/mol. The van der Waals surface area contributed by atoms with Gasteiger partial charge in [-0.1, -0.05) is 0 Å². The van der Waals surface area contributed by atoms with Gasteiger partial charge in [-0.2, -0.15) is 0 Å². The number of unbranched alkanes of at least 4 members (excludes halogenated alkanes) is 1. The minimum absolute atomic E-state index is 1.20. The van der Waals surface area contributed by atoms with Gasteiger partial charge in [-0.05, 0) is 0 Å². The Bertz CT molecular complexity index is 27.3. The van der Waals surface area contributed by atoms with Gasteiger partial charge in [0.2, 0.25) is 0 Å². The van der Waals surface area contributed by atoms with Crippen molar-refractivity contribution in [3.8, 4) is 0 Å². The van der Waals surface area contributed by atoms with E-state index in [1.807, 2.05) is 7.05 Å². The Morgan fingerprint density at radius 3 is 2.57 bits per heavy atom. The zero-order valence-electron chi connectivity index (χ0n) is 4.91. The van der Waals surface area contributed by atoms with Crippen LogP contribution in [0.25, 0.3) is 0 Å². The molecule has 0 saturated heterocycles. The van der Waals surface area contributed by atoms with Crippen LogP contribution < -0.4 is 5.32 Å². The normalized spacial score (nSPS) is 9.43. The zero-order valence-corrected chi connectivity index (χ0v) is 8.20. The van der Waals surface area contributed by atoms with Gasteiger partial charge >= 0.3 is 58.7 Å². The van der Waals surface area contributed by atoms with Gasteiger partial charge in [-0.15, -0.1) is 0 Å². The fraction of sp³-hybridized carbons (Fsp3) is 1.00. The van der Waals surface area contributed by atoms with Gasteiger partial charge in [0.25, 0.3) is 0 Å². The molecule has 0 saturated carbocycles. The van der Waals surface area contributed by atoms with Crippen molar-refractivity contribution in [3.63, 3.8) is 0 Å². The first kappa shape index (κ1) is 7.76. The summed E-state index contributed by atoms with van der Waals surface area (Å²) in [5, 5.41) is 3.12. The molecule has 0 bridgehead atoms. The van der Waals surface area contributed by atoms with E-state index in [9.17, 15) is 0 Å². The van der Waals surface area contributed by atoms with Gasteiger partial charge in [0, 0.05) is 0 Å². The third-order valence-corrected chi connectivity index (χ3v) is 2.05. The van der Waals surface area contributed by atoms with Gasteiger partial charge in [0.1, 0.15) is 0 Å². The van der Waals surface area contributed by atoms with Crippen molar-refractivity contribution in [2.24, 2.45) is 0 Å². The predicted octanol–water partition coefficient (Wildman–Crippen LogP) is 0.305. The number of hydrogen-bond donors (Lipinski definition) is 1. The molecule has 1 nitrogen and oxygen atoms in total. The number of nitrogens with one attached hydrogen (secondary N) is 1. The summed E-state index contributed by atoms with van der Waals surface area (Å²) < 4.78 is 1.45. The van der Waals surface area contributed by atoms with Crippen LogP contribution in [-0.2, 0) is 0 Å². The topological polar surface area (TPSA) is 12.0 Å². The Labute approximate surface area is 59.0 Å². The van der Waals surface area contributed by atoms with Gasteiger partial charge < -0.3 is 0 Å². The number of hydrogen-bond acceptors (Lipinski definition) is 1. The third-order valence-electron chi connectivity index (χ3n) is 0.881. The first-order chi connectivity index (χ1) is 3.41.